The van der Waals surface area contributed by atoms with E-state index >= 15 is 0 Å². The van der Waals surface area contributed by atoms with E-state index in [4.69, 9.17) is 29.9 Å². The second-order valence-electron chi connectivity index (χ2n) is 8.22. The van der Waals surface area contributed by atoms with E-state index in [-0.39, 0.29) is 0 Å². The molecule has 14 heteroatoms. The van der Waals surface area contributed by atoms with Crippen LogP contribution < -0.4 is 14.2 Å². The lowest BCUT2D eigenvalue weighted by Crippen LogP contribution is -2.36. The molecule has 35 heavy (non-hydrogen) atoms. The summed E-state index contributed by atoms with van der Waals surface area (Å²) in [6.07, 6.45) is -9.91. The van der Waals surface area contributed by atoms with Crippen LogP contribution in [0.3, 0.4) is 0 Å². The molecule has 2 rings (SSSR count). The van der Waals surface area contributed by atoms with Gasteiger partial charge >= 0.3 is 18.5 Å². The van der Waals surface area contributed by atoms with Gasteiger partial charge in [0.15, 0.2) is 27.2 Å². The Balaban J connectivity index is 2.64. The molecule has 0 amide bonds. The summed E-state index contributed by atoms with van der Waals surface area (Å²) in [5.74, 6) is -3.61. The predicted molar refractivity (Wildman–Crippen MR) is 112 cm³/mol. The Morgan fingerprint density at radius 2 is 1.46 bits per heavy atom. The van der Waals surface area contributed by atoms with Gasteiger partial charge in [0.05, 0.1) is 5.56 Å². The molecule has 0 atom stereocenters. The van der Waals surface area contributed by atoms with Crippen molar-refractivity contribution in [1.82, 2.24) is 0 Å². The fourth-order valence-corrected chi connectivity index (χ4v) is 2.81. The van der Waals surface area contributed by atoms with Gasteiger partial charge in [-0.05, 0) is 57.5 Å². The zero-order valence-corrected chi connectivity index (χ0v) is 18.8. The molecule has 1 N–H and O–H groups in total. The Bertz CT molecular complexity index is 1090. The third-order valence-electron chi connectivity index (χ3n) is 3.98. The van der Waals surface area contributed by atoms with Gasteiger partial charge in [0.1, 0.15) is 28.2 Å². The van der Waals surface area contributed by atoms with Crippen LogP contribution in [0.25, 0.3) is 0 Å². The maximum atomic E-state index is 13.4. The summed E-state index contributed by atoms with van der Waals surface area (Å²) in [5.41, 5.74) is -6.26. The highest BCUT2D eigenvalue weighted by Crippen LogP contribution is 2.42. The summed E-state index contributed by atoms with van der Waals surface area (Å²) in [5, 5.41) is 9.54. The maximum Gasteiger partial charge on any atom is 0.573 e. The molecule has 2 aromatic rings. The van der Waals surface area contributed by atoms with Crippen molar-refractivity contribution in [1.29, 1.82) is 0 Å². The lowest BCUT2D eigenvalue weighted by molar-refractivity contribution is -0.274. The van der Waals surface area contributed by atoms with E-state index in [0.29, 0.717) is 12.1 Å². The average molecular weight is 502 g/mol. The van der Waals surface area contributed by atoms with Gasteiger partial charge in [-0.25, -0.2) is 4.79 Å². The zero-order chi connectivity index (χ0) is 27.0. The Hall–Kier alpha value is -3.02. The number of ether oxygens (including phenoxy) is 4. The van der Waals surface area contributed by atoms with E-state index in [2.05, 4.69) is 4.74 Å². The van der Waals surface area contributed by atoms with Crippen molar-refractivity contribution in [3.05, 3.63) is 47.0 Å². The molecular weight excluding hydrogens is 484 g/mol. The molecule has 0 heterocycles. The summed E-state index contributed by atoms with van der Waals surface area (Å²) in [6, 6.07) is 3.72. The zero-order valence-electron chi connectivity index (χ0n) is 18.8. The first-order valence-corrected chi connectivity index (χ1v) is 9.67. The number of carbonyl (C=O) groups is 1. The standard InChI is InChI=1S/C21H18B2F6O6/c1-10-12(19(24,25)26)6-8-14(16(10)17(30)35-18(2,3)4)32-13-7-5-11(33-21(27,28)29)9-15(13)34-20(22,23)31/h5-9,31H,1-4H3. The molecule has 0 aromatic heterocycles. The van der Waals surface area contributed by atoms with Gasteiger partial charge in [0.25, 0.3) is 0 Å². The van der Waals surface area contributed by atoms with Crippen LogP contribution in [0, 0.1) is 6.92 Å². The molecule has 0 unspecified atom stereocenters. The van der Waals surface area contributed by atoms with Crippen molar-refractivity contribution in [3.8, 4) is 23.0 Å². The normalized spacial score (nSPS) is 12.8. The Morgan fingerprint density at radius 1 is 0.886 bits per heavy atom. The fourth-order valence-electron chi connectivity index (χ4n) is 2.81. The molecule has 0 fully saturated rings. The topological polar surface area (TPSA) is 74.2 Å². The summed E-state index contributed by atoms with van der Waals surface area (Å²) < 4.78 is 97.3. The van der Waals surface area contributed by atoms with Crippen molar-refractivity contribution >= 4 is 21.7 Å². The van der Waals surface area contributed by atoms with E-state index < -0.39 is 69.4 Å². The molecule has 4 radical (unpaired) electrons. The molecule has 0 saturated heterocycles. The molecule has 0 aliphatic heterocycles. The minimum atomic E-state index is -5.09. The lowest BCUT2D eigenvalue weighted by Gasteiger charge is -2.25. The second-order valence-corrected chi connectivity index (χ2v) is 8.22. The molecule has 0 aliphatic rings. The Morgan fingerprint density at radius 3 is 1.94 bits per heavy atom. The predicted octanol–water partition coefficient (Wildman–Crippen LogP) is 4.98. The van der Waals surface area contributed by atoms with E-state index in [0.717, 1.165) is 25.1 Å². The Kier molecular flexibility index (Phi) is 7.70. The minimum Gasteiger partial charge on any atom is -0.478 e. The van der Waals surface area contributed by atoms with Gasteiger partial charge in [0.2, 0.25) is 0 Å². The molecule has 0 spiro atoms. The number of halogens is 6. The molecule has 0 saturated carbocycles. The molecule has 186 valence electrons. The van der Waals surface area contributed by atoms with Crippen molar-refractivity contribution < 1.29 is 55.2 Å². The number of hydrogen-bond acceptors (Lipinski definition) is 6. The quantitative estimate of drug-likeness (QED) is 0.260. The molecule has 0 bridgehead atoms. The molecule has 2 aromatic carbocycles. The number of aliphatic hydroxyl groups is 1. The van der Waals surface area contributed by atoms with Crippen LogP contribution in [0.2, 0.25) is 0 Å². The number of benzene rings is 2. The second kappa shape index (κ2) is 9.56. The number of rotatable bonds is 6. The maximum absolute atomic E-state index is 13.4. The summed E-state index contributed by atoms with van der Waals surface area (Å²) in [7, 11) is 10.3. The molecular formula is C21H18B2F6O6. The van der Waals surface area contributed by atoms with Gasteiger partial charge < -0.3 is 24.1 Å². The van der Waals surface area contributed by atoms with Gasteiger partial charge in [-0.15, -0.1) is 13.2 Å². The van der Waals surface area contributed by atoms with E-state index in [1.54, 1.807) is 0 Å². The van der Waals surface area contributed by atoms with Gasteiger partial charge in [-0.2, -0.15) is 13.2 Å². The lowest BCUT2D eigenvalue weighted by atomic mass is 9.76. The fraction of sp³-hybridized carbons (Fsp3) is 0.381. The highest BCUT2D eigenvalue weighted by atomic mass is 19.4. The highest BCUT2D eigenvalue weighted by molar-refractivity contribution is 6.37. The van der Waals surface area contributed by atoms with Gasteiger partial charge in [0, 0.05) is 6.07 Å². The number of hydrogen-bond donors (Lipinski definition) is 1. The third-order valence-corrected chi connectivity index (χ3v) is 3.98. The van der Waals surface area contributed by atoms with Crippen LogP contribution in [0.1, 0.15) is 42.3 Å². The summed E-state index contributed by atoms with van der Waals surface area (Å²) in [6.45, 7) is 5.49. The first-order chi connectivity index (χ1) is 15.7. The van der Waals surface area contributed by atoms with Gasteiger partial charge in [-0.3, -0.25) is 0 Å². The first kappa shape index (κ1) is 28.2. The summed E-state index contributed by atoms with van der Waals surface area (Å²) in [4.78, 5) is 12.8. The molecule has 0 aliphatic carbocycles. The highest BCUT2D eigenvalue weighted by Gasteiger charge is 2.36. The number of carbonyl (C=O) groups excluding carboxylic acids is 1. The molecule has 6 nitrogen and oxygen atoms in total. The Labute approximate surface area is 198 Å². The minimum absolute atomic E-state index is 0.461. The first-order valence-electron chi connectivity index (χ1n) is 9.67. The largest absolute Gasteiger partial charge is 0.573 e. The van der Waals surface area contributed by atoms with Crippen molar-refractivity contribution in [2.24, 2.45) is 0 Å². The van der Waals surface area contributed by atoms with Crippen molar-refractivity contribution in [2.75, 3.05) is 0 Å². The number of alkyl halides is 6. The summed E-state index contributed by atoms with van der Waals surface area (Å²) >= 11 is 0. The van der Waals surface area contributed by atoms with Crippen molar-refractivity contribution in [2.45, 2.75) is 51.4 Å². The van der Waals surface area contributed by atoms with Crippen LogP contribution in [0.5, 0.6) is 23.0 Å². The SMILES string of the molecule is [B]C([B])(O)Oc1cc(OC(F)(F)F)ccc1Oc1ccc(C(F)(F)F)c(C)c1C(=O)OC(C)(C)C. The number of esters is 1. The van der Waals surface area contributed by atoms with Crippen LogP contribution in [0.4, 0.5) is 26.3 Å². The smallest absolute Gasteiger partial charge is 0.478 e. The van der Waals surface area contributed by atoms with Crippen molar-refractivity contribution in [3.63, 3.8) is 0 Å². The van der Waals surface area contributed by atoms with Crippen LogP contribution in [-0.2, 0) is 10.9 Å². The van der Waals surface area contributed by atoms with E-state index in [9.17, 15) is 36.2 Å². The van der Waals surface area contributed by atoms with E-state index in [1.165, 1.54) is 20.8 Å². The van der Waals surface area contributed by atoms with Gasteiger partial charge in [-0.1, -0.05) is 0 Å². The third kappa shape index (κ3) is 8.30. The van der Waals surface area contributed by atoms with Crippen LogP contribution in [0.15, 0.2) is 30.3 Å². The van der Waals surface area contributed by atoms with Crippen LogP contribution >= 0.6 is 0 Å². The monoisotopic (exact) mass is 502 g/mol. The van der Waals surface area contributed by atoms with E-state index in [1.807, 2.05) is 0 Å². The van der Waals surface area contributed by atoms with Crippen LogP contribution in [-0.4, -0.2) is 44.3 Å². The average Bonchev–Trinajstić information content (AvgIpc) is 2.58.